The third-order valence-corrected chi connectivity index (χ3v) is 2.29. The van der Waals surface area contributed by atoms with Gasteiger partial charge in [-0.3, -0.25) is 0 Å². The summed E-state index contributed by atoms with van der Waals surface area (Å²) in [5.41, 5.74) is 0. The molecule has 0 unspecified atom stereocenters. The van der Waals surface area contributed by atoms with Gasteiger partial charge in [-0.25, -0.2) is 9.78 Å². The molecule has 0 aliphatic heterocycles. The van der Waals surface area contributed by atoms with Crippen LogP contribution in [0.4, 0.5) is 0 Å². The van der Waals surface area contributed by atoms with E-state index in [0.717, 1.165) is 5.76 Å². The van der Waals surface area contributed by atoms with Gasteiger partial charge in [-0.2, -0.15) is 0 Å². The summed E-state index contributed by atoms with van der Waals surface area (Å²) in [5.74, 6) is 1.76. The zero-order chi connectivity index (χ0) is 13.0. The molecule has 0 spiro atoms. The highest BCUT2D eigenvalue weighted by atomic mass is 16.5. The van der Waals surface area contributed by atoms with Gasteiger partial charge in [0, 0.05) is 0 Å². The van der Waals surface area contributed by atoms with Crippen molar-refractivity contribution in [2.45, 2.75) is 20.0 Å². The Hall–Kier alpha value is -2.08. The van der Waals surface area contributed by atoms with Crippen LogP contribution in [0, 0.1) is 6.92 Å². The predicted octanol–water partition coefficient (Wildman–Crippen LogP) is 1.65. The fourth-order valence-corrected chi connectivity index (χ4v) is 1.46. The van der Waals surface area contributed by atoms with Gasteiger partial charge < -0.3 is 18.9 Å². The van der Waals surface area contributed by atoms with E-state index in [1.807, 2.05) is 6.92 Å². The molecule has 0 aromatic carbocycles. The Morgan fingerprint density at radius 3 is 2.89 bits per heavy atom. The summed E-state index contributed by atoms with van der Waals surface area (Å²) in [7, 11) is 1.31. The number of rotatable bonds is 5. The highest BCUT2D eigenvalue weighted by Crippen LogP contribution is 2.09. The molecule has 0 saturated carbocycles. The molecule has 2 rings (SSSR count). The molecule has 0 fully saturated rings. The second-order valence-corrected chi connectivity index (χ2v) is 3.73. The first-order valence-corrected chi connectivity index (χ1v) is 5.48. The van der Waals surface area contributed by atoms with Crippen molar-refractivity contribution in [2.75, 3.05) is 7.11 Å². The normalized spacial score (nSPS) is 10.6. The summed E-state index contributed by atoms with van der Waals surface area (Å²) in [6, 6.07) is 3.30. The molecule has 1 N–H and O–H groups in total. The number of aryl methyl sites for hydroxylation is 1. The number of hydrogen-bond acceptors (Lipinski definition) is 6. The van der Waals surface area contributed by atoms with Crippen LogP contribution in [0.25, 0.3) is 0 Å². The van der Waals surface area contributed by atoms with Crippen LogP contribution in [0.5, 0.6) is 0 Å². The van der Waals surface area contributed by atoms with E-state index >= 15 is 0 Å². The predicted molar refractivity (Wildman–Crippen MR) is 61.8 cm³/mol. The lowest BCUT2D eigenvalue weighted by molar-refractivity contribution is 0.0563. The highest BCUT2D eigenvalue weighted by molar-refractivity contribution is 5.86. The molecule has 0 radical (unpaired) electrons. The maximum Gasteiger partial charge on any atom is 0.373 e. The molecule has 0 saturated heterocycles. The van der Waals surface area contributed by atoms with E-state index in [9.17, 15) is 4.79 Å². The fraction of sp³-hybridized carbons (Fsp3) is 0.333. The molecule has 2 aromatic rings. The smallest absolute Gasteiger partial charge is 0.373 e. The summed E-state index contributed by atoms with van der Waals surface area (Å²) >= 11 is 0. The Kier molecular flexibility index (Phi) is 3.78. The number of hydrogen-bond donors (Lipinski definition) is 1. The molecular weight excluding hydrogens is 236 g/mol. The van der Waals surface area contributed by atoms with Gasteiger partial charge in [-0.05, 0) is 19.1 Å². The third-order valence-electron chi connectivity index (χ3n) is 2.29. The number of aromatic nitrogens is 1. The molecule has 2 heterocycles. The number of oxazole rings is 1. The van der Waals surface area contributed by atoms with Crippen molar-refractivity contribution in [3.8, 4) is 0 Å². The molecule has 0 bridgehead atoms. The third kappa shape index (κ3) is 2.98. The van der Waals surface area contributed by atoms with Gasteiger partial charge in [-0.15, -0.1) is 0 Å². The van der Waals surface area contributed by atoms with E-state index in [0.29, 0.717) is 24.7 Å². The number of carbonyl (C=O) groups is 1. The minimum absolute atomic E-state index is 0.196. The SMILES string of the molecule is COC(=O)c1ccc(CNCc2ncc(C)o2)o1. The van der Waals surface area contributed by atoms with Crippen molar-refractivity contribution in [3.05, 3.63) is 41.5 Å². The summed E-state index contributed by atoms with van der Waals surface area (Å²) in [5, 5.41) is 3.10. The Bertz CT molecular complexity index is 530. The average molecular weight is 250 g/mol. The van der Waals surface area contributed by atoms with Crippen LogP contribution < -0.4 is 5.32 Å². The number of ether oxygens (including phenoxy) is 1. The molecule has 0 aliphatic carbocycles. The molecule has 0 aliphatic rings. The highest BCUT2D eigenvalue weighted by Gasteiger charge is 2.10. The van der Waals surface area contributed by atoms with Gasteiger partial charge in [0.25, 0.3) is 0 Å². The Morgan fingerprint density at radius 2 is 2.22 bits per heavy atom. The first kappa shape index (κ1) is 12.4. The van der Waals surface area contributed by atoms with Crippen molar-refractivity contribution < 1.29 is 18.4 Å². The van der Waals surface area contributed by atoms with Gasteiger partial charge >= 0.3 is 5.97 Å². The van der Waals surface area contributed by atoms with Crippen LogP contribution in [-0.2, 0) is 17.8 Å². The minimum atomic E-state index is -0.482. The van der Waals surface area contributed by atoms with Crippen molar-refractivity contribution in [1.29, 1.82) is 0 Å². The molecular formula is C12H14N2O4. The standard InChI is InChI=1S/C12H14N2O4/c1-8-5-14-11(17-8)7-13-6-9-3-4-10(18-9)12(15)16-2/h3-5,13H,6-7H2,1-2H3. The summed E-state index contributed by atoms with van der Waals surface area (Å²) in [6.07, 6.45) is 1.67. The lowest BCUT2D eigenvalue weighted by atomic mass is 10.4. The average Bonchev–Trinajstić information content (AvgIpc) is 2.98. The van der Waals surface area contributed by atoms with E-state index in [4.69, 9.17) is 8.83 Å². The minimum Gasteiger partial charge on any atom is -0.463 e. The monoisotopic (exact) mass is 250 g/mol. The van der Waals surface area contributed by atoms with Crippen molar-refractivity contribution >= 4 is 5.97 Å². The van der Waals surface area contributed by atoms with Crippen LogP contribution >= 0.6 is 0 Å². The van der Waals surface area contributed by atoms with Gasteiger partial charge in [0.2, 0.25) is 11.7 Å². The lowest BCUT2D eigenvalue weighted by Crippen LogP contribution is -2.12. The zero-order valence-electron chi connectivity index (χ0n) is 10.2. The number of methoxy groups -OCH3 is 1. The van der Waals surface area contributed by atoms with E-state index in [1.54, 1.807) is 18.3 Å². The quantitative estimate of drug-likeness (QED) is 0.813. The number of nitrogens with zero attached hydrogens (tertiary/aromatic N) is 1. The lowest BCUT2D eigenvalue weighted by Gasteiger charge is -1.99. The first-order chi connectivity index (χ1) is 8.69. The van der Waals surface area contributed by atoms with Crippen LogP contribution in [-0.4, -0.2) is 18.1 Å². The van der Waals surface area contributed by atoms with Crippen LogP contribution in [0.2, 0.25) is 0 Å². The molecule has 96 valence electrons. The van der Waals surface area contributed by atoms with Gasteiger partial charge in [0.15, 0.2) is 0 Å². The number of carbonyl (C=O) groups excluding carboxylic acids is 1. The summed E-state index contributed by atoms with van der Waals surface area (Å²) < 4.78 is 15.1. The largest absolute Gasteiger partial charge is 0.463 e. The van der Waals surface area contributed by atoms with Crippen LogP contribution in [0.1, 0.15) is 28.0 Å². The maximum absolute atomic E-state index is 11.2. The Balaban J connectivity index is 1.83. The topological polar surface area (TPSA) is 77.5 Å². The van der Waals surface area contributed by atoms with Crippen LogP contribution in [0.3, 0.4) is 0 Å². The van der Waals surface area contributed by atoms with Gasteiger partial charge in [-0.1, -0.05) is 0 Å². The molecule has 0 amide bonds. The van der Waals surface area contributed by atoms with Crippen molar-refractivity contribution in [3.63, 3.8) is 0 Å². The van der Waals surface area contributed by atoms with E-state index in [2.05, 4.69) is 15.0 Å². The summed E-state index contributed by atoms with van der Waals surface area (Å²) in [4.78, 5) is 15.2. The second-order valence-electron chi connectivity index (χ2n) is 3.73. The van der Waals surface area contributed by atoms with E-state index in [1.165, 1.54) is 7.11 Å². The van der Waals surface area contributed by atoms with Crippen LogP contribution in [0.15, 0.2) is 27.2 Å². The first-order valence-electron chi connectivity index (χ1n) is 5.48. The Labute approximate surface area is 104 Å². The number of furan rings is 1. The second kappa shape index (κ2) is 5.50. The molecule has 6 nitrogen and oxygen atoms in total. The van der Waals surface area contributed by atoms with Gasteiger partial charge in [0.1, 0.15) is 11.5 Å². The number of esters is 1. The molecule has 2 aromatic heterocycles. The number of nitrogens with one attached hydrogen (secondary N) is 1. The molecule has 0 atom stereocenters. The maximum atomic E-state index is 11.2. The van der Waals surface area contributed by atoms with Crippen molar-refractivity contribution in [2.24, 2.45) is 0 Å². The molecule has 6 heteroatoms. The van der Waals surface area contributed by atoms with E-state index < -0.39 is 5.97 Å². The fourth-order valence-electron chi connectivity index (χ4n) is 1.46. The van der Waals surface area contributed by atoms with Gasteiger partial charge in [0.05, 0.1) is 26.4 Å². The van der Waals surface area contributed by atoms with E-state index in [-0.39, 0.29) is 5.76 Å². The zero-order valence-corrected chi connectivity index (χ0v) is 10.2. The Morgan fingerprint density at radius 1 is 1.39 bits per heavy atom. The van der Waals surface area contributed by atoms with Crippen molar-refractivity contribution in [1.82, 2.24) is 10.3 Å². The summed E-state index contributed by atoms with van der Waals surface area (Å²) in [6.45, 7) is 2.83. The molecule has 18 heavy (non-hydrogen) atoms.